The van der Waals surface area contributed by atoms with Crippen LogP contribution in [0.15, 0.2) is 47.3 Å². The maximum Gasteiger partial charge on any atom is 0.270 e. The Kier molecular flexibility index (Phi) is 4.91. The molecule has 4 heterocycles. The highest BCUT2D eigenvalue weighted by Crippen LogP contribution is 2.36. The van der Waals surface area contributed by atoms with Crippen molar-refractivity contribution < 1.29 is 9.53 Å². The molecule has 156 valence electrons. The lowest BCUT2D eigenvalue weighted by molar-refractivity contribution is 0.0582. The molecule has 2 aromatic heterocycles. The molecule has 2 aliphatic heterocycles. The maximum atomic E-state index is 13.6. The van der Waals surface area contributed by atoms with Crippen LogP contribution >= 0.6 is 11.6 Å². The summed E-state index contributed by atoms with van der Waals surface area (Å²) in [6.07, 6.45) is 1.02. The first-order valence-electron chi connectivity index (χ1n) is 10.3. The van der Waals surface area contributed by atoms with Gasteiger partial charge in [0.1, 0.15) is 5.69 Å². The Morgan fingerprint density at radius 3 is 2.87 bits per heavy atom. The van der Waals surface area contributed by atoms with E-state index < -0.39 is 0 Å². The van der Waals surface area contributed by atoms with Crippen molar-refractivity contribution in [3.05, 3.63) is 69.2 Å². The van der Waals surface area contributed by atoms with Crippen molar-refractivity contribution in [2.75, 3.05) is 26.8 Å². The van der Waals surface area contributed by atoms with Gasteiger partial charge < -0.3 is 18.8 Å². The zero-order valence-corrected chi connectivity index (χ0v) is 17.6. The van der Waals surface area contributed by atoms with E-state index in [4.69, 9.17) is 16.3 Å². The Labute approximate surface area is 179 Å². The second-order valence-corrected chi connectivity index (χ2v) is 8.72. The largest absolute Gasteiger partial charge is 0.383 e. The van der Waals surface area contributed by atoms with Gasteiger partial charge in [0.05, 0.1) is 6.61 Å². The molecule has 0 spiro atoms. The Bertz CT molecular complexity index is 1180. The van der Waals surface area contributed by atoms with Crippen LogP contribution < -0.4 is 5.56 Å². The van der Waals surface area contributed by atoms with Gasteiger partial charge in [0.15, 0.2) is 0 Å². The summed E-state index contributed by atoms with van der Waals surface area (Å²) in [4.78, 5) is 27.8. The molecular weight excluding hydrogens is 402 g/mol. The molecule has 30 heavy (non-hydrogen) atoms. The summed E-state index contributed by atoms with van der Waals surface area (Å²) < 4.78 is 9.19. The molecule has 5 rings (SSSR count). The number of carbonyl (C=O) groups excluding carboxylic acids is 1. The molecule has 0 unspecified atom stereocenters. The summed E-state index contributed by atoms with van der Waals surface area (Å²) in [5, 5.41) is 1.61. The summed E-state index contributed by atoms with van der Waals surface area (Å²) in [6.45, 7) is 3.10. The smallest absolute Gasteiger partial charge is 0.270 e. The number of ether oxygens (including phenoxy) is 1. The molecule has 7 heteroatoms. The number of likely N-dealkylation sites (tertiary alicyclic amines) is 1. The first-order chi connectivity index (χ1) is 14.5. The minimum Gasteiger partial charge on any atom is -0.383 e. The predicted molar refractivity (Wildman–Crippen MR) is 116 cm³/mol. The normalized spacial score (nSPS) is 20.4. The second kappa shape index (κ2) is 7.60. The lowest BCUT2D eigenvalue weighted by atomic mass is 9.83. The van der Waals surface area contributed by atoms with E-state index in [0.717, 1.165) is 23.0 Å². The molecular formula is C23H24ClN3O3. The van der Waals surface area contributed by atoms with E-state index in [2.05, 4.69) is 0 Å². The molecule has 6 nitrogen and oxygen atoms in total. The van der Waals surface area contributed by atoms with E-state index in [0.29, 0.717) is 49.4 Å². The molecule has 1 aromatic carbocycles. The number of piperidine rings is 1. The fourth-order valence-corrected chi connectivity index (χ4v) is 5.25. The Morgan fingerprint density at radius 2 is 2.03 bits per heavy atom. The fraction of sp³-hybridized carbons (Fsp3) is 0.391. The Balaban J connectivity index is 1.50. The van der Waals surface area contributed by atoms with Gasteiger partial charge in [0, 0.05) is 66.9 Å². The zero-order chi connectivity index (χ0) is 20.8. The van der Waals surface area contributed by atoms with E-state index in [9.17, 15) is 9.59 Å². The standard InChI is InChI=1S/C23H24ClN3O3/c1-30-8-7-26-20-6-5-18(24)10-16(20)11-21(26)23(29)25-12-15-9-17(14-25)19-3-2-4-22(28)27(19)13-15/h2-6,10-11,15,17H,7-9,12-14H2,1H3/t15-,17+/m1/s1. The van der Waals surface area contributed by atoms with Crippen LogP contribution in [0.3, 0.4) is 0 Å². The van der Waals surface area contributed by atoms with E-state index in [1.807, 2.05) is 50.4 Å². The van der Waals surface area contributed by atoms with Gasteiger partial charge >= 0.3 is 0 Å². The summed E-state index contributed by atoms with van der Waals surface area (Å²) >= 11 is 6.18. The van der Waals surface area contributed by atoms with Crippen LogP contribution in [0.25, 0.3) is 10.9 Å². The molecule has 0 N–H and O–H groups in total. The molecule has 2 aliphatic rings. The van der Waals surface area contributed by atoms with Crippen molar-refractivity contribution in [3.8, 4) is 0 Å². The van der Waals surface area contributed by atoms with Gasteiger partial charge in [0.2, 0.25) is 0 Å². The third-order valence-electron chi connectivity index (χ3n) is 6.37. The van der Waals surface area contributed by atoms with Crippen LogP contribution in [0.4, 0.5) is 0 Å². The van der Waals surface area contributed by atoms with Gasteiger partial charge in [-0.25, -0.2) is 0 Å². The van der Waals surface area contributed by atoms with Gasteiger partial charge in [-0.05, 0) is 42.7 Å². The number of pyridine rings is 1. The third kappa shape index (κ3) is 3.24. The summed E-state index contributed by atoms with van der Waals surface area (Å²) in [5.41, 5.74) is 2.74. The minimum absolute atomic E-state index is 0.0276. The van der Waals surface area contributed by atoms with Crippen molar-refractivity contribution in [1.82, 2.24) is 14.0 Å². The topological polar surface area (TPSA) is 56.5 Å². The third-order valence-corrected chi connectivity index (χ3v) is 6.60. The number of rotatable bonds is 4. The van der Waals surface area contributed by atoms with Crippen LogP contribution in [0.5, 0.6) is 0 Å². The number of hydrogen-bond acceptors (Lipinski definition) is 3. The van der Waals surface area contributed by atoms with Crippen molar-refractivity contribution in [1.29, 1.82) is 0 Å². The molecule has 2 bridgehead atoms. The highest BCUT2D eigenvalue weighted by Gasteiger charge is 2.37. The lowest BCUT2D eigenvalue weighted by Gasteiger charge is -2.42. The quantitative estimate of drug-likeness (QED) is 0.644. The molecule has 0 radical (unpaired) electrons. The van der Waals surface area contributed by atoms with Crippen LogP contribution in [0.2, 0.25) is 5.02 Å². The Hall–Kier alpha value is -2.57. The summed E-state index contributed by atoms with van der Waals surface area (Å²) in [6, 6.07) is 13.1. The molecule has 2 atom stereocenters. The summed E-state index contributed by atoms with van der Waals surface area (Å²) in [7, 11) is 1.66. The van der Waals surface area contributed by atoms with Gasteiger partial charge in [-0.2, -0.15) is 0 Å². The molecule has 0 saturated carbocycles. The van der Waals surface area contributed by atoms with E-state index in [1.165, 1.54) is 0 Å². The number of halogens is 1. The van der Waals surface area contributed by atoms with Crippen molar-refractivity contribution >= 4 is 28.4 Å². The molecule has 1 fully saturated rings. The number of aromatic nitrogens is 2. The van der Waals surface area contributed by atoms with Crippen LogP contribution in [-0.4, -0.2) is 46.7 Å². The Morgan fingerprint density at radius 1 is 1.17 bits per heavy atom. The van der Waals surface area contributed by atoms with Crippen molar-refractivity contribution in [2.24, 2.45) is 5.92 Å². The molecule has 1 amide bonds. The van der Waals surface area contributed by atoms with Crippen molar-refractivity contribution in [3.63, 3.8) is 0 Å². The first-order valence-corrected chi connectivity index (χ1v) is 10.7. The number of benzene rings is 1. The highest BCUT2D eigenvalue weighted by molar-refractivity contribution is 6.31. The van der Waals surface area contributed by atoms with E-state index in [1.54, 1.807) is 13.2 Å². The monoisotopic (exact) mass is 425 g/mol. The molecule has 1 saturated heterocycles. The highest BCUT2D eigenvalue weighted by atomic mass is 35.5. The van der Waals surface area contributed by atoms with E-state index >= 15 is 0 Å². The first kappa shape index (κ1) is 19.4. The average molecular weight is 426 g/mol. The minimum atomic E-state index is 0.0276. The second-order valence-electron chi connectivity index (χ2n) is 8.29. The van der Waals surface area contributed by atoms with Crippen molar-refractivity contribution in [2.45, 2.75) is 25.4 Å². The predicted octanol–water partition coefficient (Wildman–Crippen LogP) is 3.36. The average Bonchev–Trinajstić information content (AvgIpc) is 3.09. The van der Waals surface area contributed by atoms with Crippen LogP contribution in [-0.2, 0) is 17.8 Å². The van der Waals surface area contributed by atoms with Gasteiger partial charge in [-0.1, -0.05) is 17.7 Å². The van der Waals surface area contributed by atoms with Gasteiger partial charge in [0.25, 0.3) is 11.5 Å². The van der Waals surface area contributed by atoms with Crippen LogP contribution in [0, 0.1) is 5.92 Å². The zero-order valence-electron chi connectivity index (χ0n) is 16.9. The number of carbonyl (C=O) groups is 1. The van der Waals surface area contributed by atoms with E-state index in [-0.39, 0.29) is 17.4 Å². The number of nitrogens with zero attached hydrogens (tertiary/aromatic N) is 3. The van der Waals surface area contributed by atoms with Gasteiger partial charge in [-0.3, -0.25) is 9.59 Å². The van der Waals surface area contributed by atoms with Gasteiger partial charge in [-0.15, -0.1) is 0 Å². The van der Waals surface area contributed by atoms with Crippen LogP contribution in [0.1, 0.15) is 28.5 Å². The number of fused-ring (bicyclic) bond motifs is 5. The number of methoxy groups -OCH3 is 1. The summed E-state index contributed by atoms with van der Waals surface area (Å²) in [5.74, 6) is 0.521. The SMILES string of the molecule is COCCn1c(C(=O)N2C[C@H]3C[C@@H](C2)c2cccc(=O)n2C3)cc2cc(Cl)ccc21. The fourth-order valence-electron chi connectivity index (χ4n) is 5.07. The molecule has 3 aromatic rings. The molecule has 0 aliphatic carbocycles. The number of hydrogen-bond donors (Lipinski definition) is 0. The number of amides is 1. The lowest BCUT2D eigenvalue weighted by Crippen LogP contribution is -2.49. The maximum absolute atomic E-state index is 13.6.